The van der Waals surface area contributed by atoms with Gasteiger partial charge in [-0.2, -0.15) is 11.8 Å². The summed E-state index contributed by atoms with van der Waals surface area (Å²) in [6.07, 6.45) is 4.22. The Kier molecular flexibility index (Phi) is 4.79. The molecule has 0 amide bonds. The monoisotopic (exact) mass is 256 g/mol. The van der Waals surface area contributed by atoms with Gasteiger partial charge in [0.1, 0.15) is 0 Å². The summed E-state index contributed by atoms with van der Waals surface area (Å²) in [7, 11) is 0. The molecule has 2 rings (SSSR count). The van der Waals surface area contributed by atoms with Gasteiger partial charge >= 0.3 is 0 Å². The third-order valence-electron chi connectivity index (χ3n) is 4.15. The van der Waals surface area contributed by atoms with Crippen molar-refractivity contribution in [2.45, 2.75) is 50.8 Å². The number of thioether (sulfide) groups is 1. The summed E-state index contributed by atoms with van der Waals surface area (Å²) in [5.41, 5.74) is 0. The molecule has 0 radical (unpaired) electrons. The first-order chi connectivity index (χ1) is 8.07. The van der Waals surface area contributed by atoms with Gasteiger partial charge in [0.05, 0.1) is 0 Å². The highest BCUT2D eigenvalue weighted by atomic mass is 32.2. The molecule has 0 bridgehead atoms. The van der Waals surface area contributed by atoms with Gasteiger partial charge in [0, 0.05) is 36.2 Å². The second-order valence-corrected chi connectivity index (χ2v) is 8.08. The lowest BCUT2D eigenvalue weighted by atomic mass is 10.1. The molecule has 1 saturated carbocycles. The van der Waals surface area contributed by atoms with E-state index < -0.39 is 0 Å². The van der Waals surface area contributed by atoms with Crippen LogP contribution in [-0.2, 0) is 0 Å². The SMILES string of the molecule is CC(NCCN1CCSC(C)(C)CC1)C1CC1. The van der Waals surface area contributed by atoms with Crippen LogP contribution in [0.5, 0.6) is 0 Å². The molecule has 100 valence electrons. The van der Waals surface area contributed by atoms with E-state index in [1.54, 1.807) is 0 Å². The molecular weight excluding hydrogens is 228 g/mol. The highest BCUT2D eigenvalue weighted by Crippen LogP contribution is 2.32. The number of hydrogen-bond acceptors (Lipinski definition) is 3. The minimum atomic E-state index is 0.490. The van der Waals surface area contributed by atoms with Crippen LogP contribution in [0.3, 0.4) is 0 Å². The average molecular weight is 256 g/mol. The van der Waals surface area contributed by atoms with Gasteiger partial charge in [0.2, 0.25) is 0 Å². The standard InChI is InChI=1S/C14H28N2S/c1-12(13-4-5-13)15-7-9-16-8-6-14(2,3)17-11-10-16/h12-13,15H,4-11H2,1-3H3. The highest BCUT2D eigenvalue weighted by Gasteiger charge is 2.27. The summed E-state index contributed by atoms with van der Waals surface area (Å²) in [6, 6.07) is 0.743. The quantitative estimate of drug-likeness (QED) is 0.814. The minimum Gasteiger partial charge on any atom is -0.313 e. The molecule has 0 spiro atoms. The first kappa shape index (κ1) is 13.7. The van der Waals surface area contributed by atoms with Crippen LogP contribution >= 0.6 is 11.8 Å². The van der Waals surface area contributed by atoms with Crippen LogP contribution < -0.4 is 5.32 Å². The van der Waals surface area contributed by atoms with Gasteiger partial charge in [0.15, 0.2) is 0 Å². The van der Waals surface area contributed by atoms with Crippen LogP contribution in [0.2, 0.25) is 0 Å². The summed E-state index contributed by atoms with van der Waals surface area (Å²) in [5, 5.41) is 3.68. The van der Waals surface area contributed by atoms with Crippen LogP contribution in [0.1, 0.15) is 40.0 Å². The molecule has 1 N–H and O–H groups in total. The molecule has 0 aromatic heterocycles. The Hall–Kier alpha value is 0.270. The molecule has 2 nitrogen and oxygen atoms in total. The number of rotatable bonds is 5. The van der Waals surface area contributed by atoms with Crippen molar-refractivity contribution in [1.29, 1.82) is 0 Å². The van der Waals surface area contributed by atoms with E-state index >= 15 is 0 Å². The first-order valence-corrected chi connectivity index (χ1v) is 8.15. The smallest absolute Gasteiger partial charge is 0.0116 e. The summed E-state index contributed by atoms with van der Waals surface area (Å²) in [4.78, 5) is 2.63. The Morgan fingerprint density at radius 3 is 2.82 bits per heavy atom. The molecule has 2 aliphatic rings. The Bertz CT molecular complexity index is 238. The summed E-state index contributed by atoms with van der Waals surface area (Å²) in [5.74, 6) is 2.28. The Labute approximate surface area is 111 Å². The molecule has 1 saturated heterocycles. The third-order valence-corrected chi connectivity index (χ3v) is 5.53. The van der Waals surface area contributed by atoms with Crippen LogP contribution in [0.15, 0.2) is 0 Å². The van der Waals surface area contributed by atoms with Crippen molar-refractivity contribution < 1.29 is 0 Å². The van der Waals surface area contributed by atoms with Crippen molar-refractivity contribution in [1.82, 2.24) is 10.2 Å². The molecular formula is C14H28N2S. The van der Waals surface area contributed by atoms with E-state index in [0.717, 1.165) is 12.0 Å². The molecule has 3 heteroatoms. The Balaban J connectivity index is 1.61. The predicted octanol–water partition coefficient (Wildman–Crippen LogP) is 2.59. The molecule has 1 heterocycles. The van der Waals surface area contributed by atoms with E-state index in [1.165, 1.54) is 51.2 Å². The van der Waals surface area contributed by atoms with Crippen molar-refractivity contribution in [3.63, 3.8) is 0 Å². The lowest BCUT2D eigenvalue weighted by Gasteiger charge is -2.23. The molecule has 0 aromatic carbocycles. The maximum absolute atomic E-state index is 3.68. The lowest BCUT2D eigenvalue weighted by Crippen LogP contribution is -2.38. The average Bonchev–Trinajstić information content (AvgIpc) is 3.07. The summed E-state index contributed by atoms with van der Waals surface area (Å²) >= 11 is 2.14. The van der Waals surface area contributed by atoms with E-state index in [0.29, 0.717) is 4.75 Å². The normalized spacial score (nSPS) is 27.7. The van der Waals surface area contributed by atoms with E-state index in [1.807, 2.05) is 0 Å². The van der Waals surface area contributed by atoms with Gasteiger partial charge in [-0.3, -0.25) is 0 Å². The molecule has 1 unspecified atom stereocenters. The van der Waals surface area contributed by atoms with Crippen LogP contribution in [0, 0.1) is 5.92 Å². The summed E-state index contributed by atoms with van der Waals surface area (Å²) < 4.78 is 0.490. The maximum Gasteiger partial charge on any atom is 0.0116 e. The van der Waals surface area contributed by atoms with Crippen molar-refractivity contribution in [3.8, 4) is 0 Å². The topological polar surface area (TPSA) is 15.3 Å². The van der Waals surface area contributed by atoms with Gasteiger partial charge in [-0.1, -0.05) is 13.8 Å². The van der Waals surface area contributed by atoms with E-state index in [-0.39, 0.29) is 0 Å². The van der Waals surface area contributed by atoms with Crippen LogP contribution in [0.25, 0.3) is 0 Å². The van der Waals surface area contributed by atoms with Gasteiger partial charge in [-0.15, -0.1) is 0 Å². The number of nitrogens with zero attached hydrogens (tertiary/aromatic N) is 1. The van der Waals surface area contributed by atoms with Crippen LogP contribution in [0.4, 0.5) is 0 Å². The molecule has 1 aliphatic heterocycles. The predicted molar refractivity (Wildman–Crippen MR) is 77.8 cm³/mol. The third kappa shape index (κ3) is 4.80. The number of hydrogen-bond donors (Lipinski definition) is 1. The Morgan fingerprint density at radius 1 is 1.35 bits per heavy atom. The summed E-state index contributed by atoms with van der Waals surface area (Å²) in [6.45, 7) is 12.1. The van der Waals surface area contributed by atoms with Crippen molar-refractivity contribution in [3.05, 3.63) is 0 Å². The fourth-order valence-electron chi connectivity index (χ4n) is 2.50. The van der Waals surface area contributed by atoms with Crippen molar-refractivity contribution >= 4 is 11.8 Å². The van der Waals surface area contributed by atoms with Gasteiger partial charge < -0.3 is 10.2 Å². The van der Waals surface area contributed by atoms with Gasteiger partial charge in [-0.25, -0.2) is 0 Å². The Morgan fingerprint density at radius 2 is 2.12 bits per heavy atom. The fraction of sp³-hybridized carbons (Fsp3) is 1.00. The number of nitrogens with one attached hydrogen (secondary N) is 1. The highest BCUT2D eigenvalue weighted by molar-refractivity contribution is 8.00. The van der Waals surface area contributed by atoms with E-state index in [4.69, 9.17) is 0 Å². The molecule has 1 atom stereocenters. The molecule has 0 aromatic rings. The van der Waals surface area contributed by atoms with Gasteiger partial charge in [0.25, 0.3) is 0 Å². The van der Waals surface area contributed by atoms with Crippen molar-refractivity contribution in [2.75, 3.05) is 31.9 Å². The zero-order valence-corrected chi connectivity index (χ0v) is 12.5. The van der Waals surface area contributed by atoms with Crippen LogP contribution in [-0.4, -0.2) is 47.6 Å². The largest absolute Gasteiger partial charge is 0.313 e. The molecule has 17 heavy (non-hydrogen) atoms. The maximum atomic E-state index is 3.68. The fourth-order valence-corrected chi connectivity index (χ4v) is 3.64. The first-order valence-electron chi connectivity index (χ1n) is 7.16. The second-order valence-electron chi connectivity index (χ2n) is 6.28. The molecule has 1 aliphatic carbocycles. The minimum absolute atomic E-state index is 0.490. The zero-order valence-electron chi connectivity index (χ0n) is 11.7. The van der Waals surface area contributed by atoms with E-state index in [2.05, 4.69) is 42.7 Å². The van der Waals surface area contributed by atoms with Gasteiger partial charge in [-0.05, 0) is 38.6 Å². The van der Waals surface area contributed by atoms with E-state index in [9.17, 15) is 0 Å². The van der Waals surface area contributed by atoms with Crippen molar-refractivity contribution in [2.24, 2.45) is 5.92 Å². The molecule has 2 fully saturated rings. The second kappa shape index (κ2) is 5.94. The lowest BCUT2D eigenvalue weighted by molar-refractivity contribution is 0.277. The zero-order chi connectivity index (χ0) is 12.3.